The summed E-state index contributed by atoms with van der Waals surface area (Å²) < 4.78 is 8.83. The lowest BCUT2D eigenvalue weighted by molar-refractivity contribution is 0.622. The van der Waals surface area contributed by atoms with E-state index in [4.69, 9.17) is 19.4 Å². The van der Waals surface area contributed by atoms with Crippen LogP contribution in [0, 0.1) is 13.8 Å². The highest BCUT2D eigenvalue weighted by molar-refractivity contribution is 6.11. The summed E-state index contributed by atoms with van der Waals surface area (Å²) in [7, 11) is 0. The molecule has 0 atom stereocenters. The number of benzene rings is 3. The second-order valence-electron chi connectivity index (χ2n) is 10.0. The first-order chi connectivity index (χ1) is 18.0. The van der Waals surface area contributed by atoms with Gasteiger partial charge in [0, 0.05) is 33.5 Å². The Labute approximate surface area is 214 Å². The smallest absolute Gasteiger partial charge is 0.227 e. The maximum Gasteiger partial charge on any atom is 0.227 e. The predicted molar refractivity (Wildman–Crippen MR) is 151 cm³/mol. The molecule has 4 heterocycles. The number of fused-ring (bicyclic) bond motifs is 6. The number of nitrogens with zero attached hydrogens (tertiary/aromatic N) is 4. The van der Waals surface area contributed by atoms with Gasteiger partial charge in [-0.2, -0.15) is 0 Å². The highest BCUT2D eigenvalue weighted by atomic mass is 16.3. The summed E-state index contributed by atoms with van der Waals surface area (Å²) in [5.41, 5.74) is 9.50. The van der Waals surface area contributed by atoms with Crippen molar-refractivity contribution in [2.24, 2.45) is 0 Å². The van der Waals surface area contributed by atoms with Crippen LogP contribution in [-0.2, 0) is 0 Å². The first kappa shape index (κ1) is 21.7. The van der Waals surface area contributed by atoms with E-state index in [1.165, 1.54) is 0 Å². The molecule has 0 amide bonds. The Balaban J connectivity index is 1.54. The summed E-state index contributed by atoms with van der Waals surface area (Å²) in [6, 6.07) is 27.2. The van der Waals surface area contributed by atoms with Gasteiger partial charge >= 0.3 is 0 Å². The van der Waals surface area contributed by atoms with Gasteiger partial charge in [-0.15, -0.1) is 0 Å². The third-order valence-corrected chi connectivity index (χ3v) is 7.17. The standard InChI is InChI=1S/C32H26N4O/c1-18(2)36-29-26(16-13-22-12-11-20(4)33-28(22)29)34-31(36)24-14-10-19(3)27-23-15-17-25(21-8-6-5-7-9-21)35-32(23)37-30(24)27/h5-18H,1-4H3. The zero-order valence-corrected chi connectivity index (χ0v) is 21.3. The second-order valence-corrected chi connectivity index (χ2v) is 10.0. The van der Waals surface area contributed by atoms with E-state index in [0.29, 0.717) is 5.71 Å². The fourth-order valence-electron chi connectivity index (χ4n) is 5.43. The van der Waals surface area contributed by atoms with Crippen LogP contribution in [0.15, 0.2) is 83.3 Å². The highest BCUT2D eigenvalue weighted by Gasteiger charge is 2.23. The number of furan rings is 1. The van der Waals surface area contributed by atoms with E-state index in [0.717, 1.165) is 72.2 Å². The number of hydrogen-bond donors (Lipinski definition) is 0. The number of hydrogen-bond acceptors (Lipinski definition) is 4. The van der Waals surface area contributed by atoms with Gasteiger partial charge in [0.15, 0.2) is 0 Å². The Hall–Kier alpha value is -4.51. The fourth-order valence-corrected chi connectivity index (χ4v) is 5.43. The normalized spacial score (nSPS) is 12.0. The average Bonchev–Trinajstić information content (AvgIpc) is 3.49. The van der Waals surface area contributed by atoms with E-state index in [2.05, 4.69) is 86.0 Å². The Morgan fingerprint density at radius 2 is 1.59 bits per heavy atom. The van der Waals surface area contributed by atoms with Crippen molar-refractivity contribution in [2.75, 3.05) is 0 Å². The Morgan fingerprint density at radius 1 is 0.784 bits per heavy atom. The Morgan fingerprint density at radius 3 is 2.41 bits per heavy atom. The SMILES string of the molecule is Cc1ccc2ccc3nc(-c4ccc(C)c5c4oc4nc(-c6ccccc6)ccc45)n(C(C)C)c3c2n1. The van der Waals surface area contributed by atoms with Gasteiger partial charge in [-0.1, -0.05) is 48.5 Å². The van der Waals surface area contributed by atoms with Crippen LogP contribution < -0.4 is 0 Å². The molecule has 7 rings (SSSR count). The van der Waals surface area contributed by atoms with Gasteiger partial charge < -0.3 is 8.98 Å². The number of rotatable bonds is 3. The maximum absolute atomic E-state index is 6.54. The van der Waals surface area contributed by atoms with Gasteiger partial charge in [0.1, 0.15) is 11.4 Å². The highest BCUT2D eigenvalue weighted by Crippen LogP contribution is 2.40. The molecule has 0 saturated heterocycles. The van der Waals surface area contributed by atoms with E-state index in [9.17, 15) is 0 Å². The molecule has 0 bridgehead atoms. The number of aryl methyl sites for hydroxylation is 2. The summed E-state index contributed by atoms with van der Waals surface area (Å²) in [4.78, 5) is 15.0. The van der Waals surface area contributed by atoms with E-state index in [1.54, 1.807) is 0 Å². The van der Waals surface area contributed by atoms with Crippen LogP contribution in [0.2, 0.25) is 0 Å². The summed E-state index contributed by atoms with van der Waals surface area (Å²) in [6.45, 7) is 8.54. The van der Waals surface area contributed by atoms with E-state index < -0.39 is 0 Å². The molecule has 0 unspecified atom stereocenters. The van der Waals surface area contributed by atoms with Crippen molar-refractivity contribution in [1.82, 2.24) is 19.5 Å². The maximum atomic E-state index is 6.54. The average molecular weight is 483 g/mol. The molecule has 0 aliphatic carbocycles. The lowest BCUT2D eigenvalue weighted by Gasteiger charge is -2.14. The molecule has 37 heavy (non-hydrogen) atoms. The van der Waals surface area contributed by atoms with Gasteiger partial charge in [0.05, 0.1) is 27.8 Å². The van der Waals surface area contributed by atoms with Crippen molar-refractivity contribution in [3.63, 3.8) is 0 Å². The van der Waals surface area contributed by atoms with Crippen LogP contribution in [0.4, 0.5) is 0 Å². The number of aromatic nitrogens is 4. The topological polar surface area (TPSA) is 56.7 Å². The summed E-state index contributed by atoms with van der Waals surface area (Å²) >= 11 is 0. The van der Waals surface area contributed by atoms with Gasteiger partial charge in [-0.25, -0.2) is 9.97 Å². The Kier molecular flexibility index (Phi) is 4.70. The van der Waals surface area contributed by atoms with Crippen LogP contribution in [-0.4, -0.2) is 19.5 Å². The summed E-state index contributed by atoms with van der Waals surface area (Å²) in [5.74, 6) is 0.883. The Bertz CT molecular complexity index is 1980. The van der Waals surface area contributed by atoms with Crippen LogP contribution in [0.25, 0.3) is 66.7 Å². The number of pyridine rings is 2. The van der Waals surface area contributed by atoms with E-state index in [-0.39, 0.29) is 6.04 Å². The van der Waals surface area contributed by atoms with Crippen molar-refractivity contribution < 1.29 is 4.42 Å². The quantitative estimate of drug-likeness (QED) is 0.254. The molecule has 0 N–H and O–H groups in total. The first-order valence-corrected chi connectivity index (χ1v) is 12.7. The minimum atomic E-state index is 0.177. The van der Waals surface area contributed by atoms with Crippen molar-refractivity contribution in [3.8, 4) is 22.6 Å². The van der Waals surface area contributed by atoms with Crippen LogP contribution in [0.1, 0.15) is 31.1 Å². The molecule has 0 radical (unpaired) electrons. The molecular formula is C32H26N4O. The molecule has 7 aromatic rings. The van der Waals surface area contributed by atoms with Gasteiger partial charge in [0.25, 0.3) is 0 Å². The zero-order valence-electron chi connectivity index (χ0n) is 21.3. The molecule has 0 aliphatic rings. The molecule has 0 fully saturated rings. The van der Waals surface area contributed by atoms with Gasteiger partial charge in [0.2, 0.25) is 5.71 Å². The molecule has 4 aromatic heterocycles. The lowest BCUT2D eigenvalue weighted by Crippen LogP contribution is -2.04. The largest absolute Gasteiger partial charge is 0.437 e. The molecule has 0 saturated carbocycles. The van der Waals surface area contributed by atoms with Gasteiger partial charge in [-0.05, 0) is 63.6 Å². The molecule has 5 heteroatoms. The minimum Gasteiger partial charge on any atom is -0.437 e. The number of imidazole rings is 1. The third-order valence-electron chi connectivity index (χ3n) is 7.17. The van der Waals surface area contributed by atoms with Crippen molar-refractivity contribution in [3.05, 3.63) is 90.1 Å². The first-order valence-electron chi connectivity index (χ1n) is 12.7. The van der Waals surface area contributed by atoms with Crippen LogP contribution >= 0.6 is 0 Å². The second kappa shape index (κ2) is 8.00. The van der Waals surface area contributed by atoms with E-state index >= 15 is 0 Å². The molecule has 0 spiro atoms. The lowest BCUT2D eigenvalue weighted by atomic mass is 10.0. The molecule has 5 nitrogen and oxygen atoms in total. The fraction of sp³-hybridized carbons (Fsp3) is 0.156. The summed E-state index contributed by atoms with van der Waals surface area (Å²) in [5, 5.41) is 3.21. The minimum absolute atomic E-state index is 0.177. The van der Waals surface area contributed by atoms with Gasteiger partial charge in [-0.3, -0.25) is 4.98 Å². The monoisotopic (exact) mass is 482 g/mol. The molecule has 3 aromatic carbocycles. The third kappa shape index (κ3) is 3.27. The zero-order chi connectivity index (χ0) is 25.3. The van der Waals surface area contributed by atoms with E-state index in [1.807, 2.05) is 25.1 Å². The van der Waals surface area contributed by atoms with Crippen LogP contribution in [0.3, 0.4) is 0 Å². The molecular weight excluding hydrogens is 456 g/mol. The van der Waals surface area contributed by atoms with Crippen LogP contribution in [0.5, 0.6) is 0 Å². The van der Waals surface area contributed by atoms with Crippen molar-refractivity contribution in [2.45, 2.75) is 33.7 Å². The molecule has 180 valence electrons. The van der Waals surface area contributed by atoms with Crippen molar-refractivity contribution >= 4 is 44.0 Å². The molecule has 0 aliphatic heterocycles. The summed E-state index contributed by atoms with van der Waals surface area (Å²) in [6.07, 6.45) is 0. The predicted octanol–water partition coefficient (Wildman–Crippen LogP) is 8.41. The van der Waals surface area contributed by atoms with Crippen molar-refractivity contribution in [1.29, 1.82) is 0 Å².